The molecule has 29 heavy (non-hydrogen) atoms. The first-order valence-electron chi connectivity index (χ1n) is 9.38. The lowest BCUT2D eigenvalue weighted by atomic mass is 10.1. The molecule has 0 aliphatic carbocycles. The van der Waals surface area contributed by atoms with E-state index < -0.39 is 0 Å². The van der Waals surface area contributed by atoms with Crippen LogP contribution in [-0.4, -0.2) is 20.7 Å². The summed E-state index contributed by atoms with van der Waals surface area (Å²) in [6, 6.07) is 16.1. The van der Waals surface area contributed by atoms with Crippen LogP contribution in [-0.2, 0) is 6.54 Å². The van der Waals surface area contributed by atoms with Crippen molar-refractivity contribution in [1.29, 1.82) is 0 Å². The summed E-state index contributed by atoms with van der Waals surface area (Å²) in [6.07, 6.45) is 0. The normalized spacial score (nSPS) is 11.0. The van der Waals surface area contributed by atoms with Crippen LogP contribution in [0.4, 0.5) is 10.1 Å². The number of anilines is 1. The minimum atomic E-state index is -0.333. The zero-order valence-electron chi connectivity index (χ0n) is 16.5. The van der Waals surface area contributed by atoms with E-state index in [4.69, 9.17) is 0 Å². The van der Waals surface area contributed by atoms with Crippen LogP contribution >= 0.6 is 0 Å². The third-order valence-electron chi connectivity index (χ3n) is 4.86. The quantitative estimate of drug-likeness (QED) is 0.546. The highest BCUT2D eigenvalue weighted by atomic mass is 19.1. The van der Waals surface area contributed by atoms with Gasteiger partial charge in [-0.2, -0.15) is 5.10 Å². The monoisotopic (exact) mass is 388 g/mol. The highest BCUT2D eigenvalue weighted by Gasteiger charge is 2.19. The van der Waals surface area contributed by atoms with Gasteiger partial charge in [0.2, 0.25) is 0 Å². The molecule has 0 saturated carbocycles. The van der Waals surface area contributed by atoms with Crippen molar-refractivity contribution < 1.29 is 9.18 Å². The molecular weight excluding hydrogens is 367 g/mol. The minimum Gasteiger partial charge on any atom is -0.322 e. The maximum Gasteiger partial charge on any atom is 0.256 e. The Morgan fingerprint density at radius 1 is 1.07 bits per heavy atom. The lowest BCUT2D eigenvalue weighted by Gasteiger charge is -2.10. The van der Waals surface area contributed by atoms with Crippen molar-refractivity contribution in [3.05, 3.63) is 88.5 Å². The number of nitrogens with zero attached hydrogens (tertiary/aromatic N) is 3. The second-order valence-electron chi connectivity index (χ2n) is 7.15. The molecule has 4 rings (SSSR count). The molecule has 0 aliphatic rings. The van der Waals surface area contributed by atoms with Crippen LogP contribution in [0.5, 0.6) is 0 Å². The second-order valence-corrected chi connectivity index (χ2v) is 7.15. The Balaban J connectivity index is 1.75. The van der Waals surface area contributed by atoms with E-state index in [1.165, 1.54) is 12.1 Å². The van der Waals surface area contributed by atoms with Crippen molar-refractivity contribution in [2.24, 2.45) is 0 Å². The Morgan fingerprint density at radius 2 is 1.83 bits per heavy atom. The van der Waals surface area contributed by atoms with Crippen molar-refractivity contribution in [1.82, 2.24) is 14.8 Å². The number of carbonyl (C=O) groups excluding carboxylic acids is 1. The van der Waals surface area contributed by atoms with E-state index in [9.17, 15) is 9.18 Å². The van der Waals surface area contributed by atoms with Gasteiger partial charge in [0, 0.05) is 11.4 Å². The number of hydrogen-bond donors (Lipinski definition) is 1. The number of amides is 1. The maximum atomic E-state index is 13.4. The Kier molecular flexibility index (Phi) is 4.84. The van der Waals surface area contributed by atoms with Crippen LogP contribution in [0.3, 0.4) is 0 Å². The molecule has 0 spiro atoms. The largest absolute Gasteiger partial charge is 0.322 e. The van der Waals surface area contributed by atoms with E-state index in [0.29, 0.717) is 29.0 Å². The lowest BCUT2D eigenvalue weighted by Crippen LogP contribution is -2.14. The number of aromatic nitrogens is 3. The van der Waals surface area contributed by atoms with Crippen LogP contribution in [0.25, 0.3) is 11.0 Å². The predicted octanol–water partition coefficient (Wildman–Crippen LogP) is 4.80. The Bertz CT molecular complexity index is 1210. The smallest absolute Gasteiger partial charge is 0.256 e. The molecule has 0 saturated heterocycles. The van der Waals surface area contributed by atoms with Gasteiger partial charge >= 0.3 is 0 Å². The first-order chi connectivity index (χ1) is 13.9. The number of aryl methyl sites for hydroxylation is 3. The van der Waals surface area contributed by atoms with Gasteiger partial charge in [0.1, 0.15) is 5.82 Å². The van der Waals surface area contributed by atoms with E-state index in [1.54, 1.807) is 19.1 Å². The molecular formula is C23H21FN4O. The number of fused-ring (bicyclic) bond motifs is 1. The Hall–Kier alpha value is -3.54. The number of benzene rings is 2. The number of pyridine rings is 1. The van der Waals surface area contributed by atoms with E-state index in [0.717, 1.165) is 22.3 Å². The van der Waals surface area contributed by atoms with Crippen molar-refractivity contribution in [3.8, 4) is 0 Å². The molecule has 2 heterocycles. The molecule has 5 nitrogen and oxygen atoms in total. The first-order valence-corrected chi connectivity index (χ1v) is 9.38. The van der Waals surface area contributed by atoms with Gasteiger partial charge in [0.25, 0.3) is 5.91 Å². The highest BCUT2D eigenvalue weighted by Crippen LogP contribution is 2.25. The fraction of sp³-hybridized carbons (Fsp3) is 0.174. The van der Waals surface area contributed by atoms with Gasteiger partial charge in [-0.15, -0.1) is 0 Å². The maximum absolute atomic E-state index is 13.4. The number of nitrogens with one attached hydrogen (secondary N) is 1. The van der Waals surface area contributed by atoms with E-state index in [1.807, 2.05) is 48.9 Å². The zero-order chi connectivity index (χ0) is 20.5. The van der Waals surface area contributed by atoms with Gasteiger partial charge in [-0.25, -0.2) is 14.1 Å². The van der Waals surface area contributed by atoms with Crippen LogP contribution in [0.2, 0.25) is 0 Å². The van der Waals surface area contributed by atoms with E-state index in [2.05, 4.69) is 15.4 Å². The van der Waals surface area contributed by atoms with Gasteiger partial charge in [-0.1, -0.05) is 30.3 Å². The third-order valence-corrected chi connectivity index (χ3v) is 4.86. The van der Waals surface area contributed by atoms with Crippen LogP contribution in [0.1, 0.15) is 32.9 Å². The van der Waals surface area contributed by atoms with Gasteiger partial charge in [-0.3, -0.25) is 4.79 Å². The zero-order valence-corrected chi connectivity index (χ0v) is 16.5. The molecule has 1 amide bonds. The van der Waals surface area contributed by atoms with Gasteiger partial charge in [0.05, 0.1) is 23.2 Å². The number of halogens is 1. The van der Waals surface area contributed by atoms with Gasteiger partial charge in [0.15, 0.2) is 5.65 Å². The third kappa shape index (κ3) is 3.74. The molecule has 0 atom stereocenters. The predicted molar refractivity (Wildman–Crippen MR) is 112 cm³/mol. The van der Waals surface area contributed by atoms with Crippen LogP contribution in [0.15, 0.2) is 54.6 Å². The summed E-state index contributed by atoms with van der Waals surface area (Å²) < 4.78 is 15.2. The number of hydrogen-bond acceptors (Lipinski definition) is 3. The summed E-state index contributed by atoms with van der Waals surface area (Å²) in [7, 11) is 0. The standard InChI is InChI=1S/C23H21FN4O/c1-14-11-18(24)9-10-20(14)26-23(29)19-12-15(2)25-22-21(19)16(3)27-28(22)13-17-7-5-4-6-8-17/h4-12H,13H2,1-3H3,(H,26,29). The second kappa shape index (κ2) is 7.47. The van der Waals surface area contributed by atoms with Gasteiger partial charge < -0.3 is 5.32 Å². The summed E-state index contributed by atoms with van der Waals surface area (Å²) in [5, 5.41) is 8.24. The molecule has 2 aromatic carbocycles. The van der Waals surface area contributed by atoms with Crippen molar-refractivity contribution in [3.63, 3.8) is 0 Å². The molecule has 0 unspecified atom stereocenters. The van der Waals surface area contributed by atoms with Crippen LogP contribution in [0, 0.1) is 26.6 Å². The average Bonchev–Trinajstić information content (AvgIpc) is 2.99. The summed E-state index contributed by atoms with van der Waals surface area (Å²) in [5.74, 6) is -0.599. The van der Waals surface area contributed by atoms with E-state index >= 15 is 0 Å². The molecule has 0 aliphatic heterocycles. The molecule has 0 radical (unpaired) electrons. The summed E-state index contributed by atoms with van der Waals surface area (Å²) in [6.45, 7) is 6.06. The Morgan fingerprint density at radius 3 is 2.55 bits per heavy atom. The van der Waals surface area contributed by atoms with Crippen molar-refractivity contribution in [2.75, 3.05) is 5.32 Å². The number of rotatable bonds is 4. The van der Waals surface area contributed by atoms with Gasteiger partial charge in [-0.05, 0) is 56.2 Å². The molecule has 2 aromatic heterocycles. The van der Waals surface area contributed by atoms with Crippen molar-refractivity contribution >= 4 is 22.6 Å². The average molecular weight is 388 g/mol. The number of carbonyl (C=O) groups is 1. The molecule has 4 aromatic rings. The molecule has 146 valence electrons. The fourth-order valence-corrected chi connectivity index (χ4v) is 3.48. The SMILES string of the molecule is Cc1cc(C(=O)Nc2ccc(F)cc2C)c2c(C)nn(Cc3ccccc3)c2n1. The Labute approximate surface area is 168 Å². The lowest BCUT2D eigenvalue weighted by molar-refractivity contribution is 0.102. The topological polar surface area (TPSA) is 59.8 Å². The van der Waals surface area contributed by atoms with Crippen LogP contribution < -0.4 is 5.32 Å². The molecule has 1 N–H and O–H groups in total. The summed E-state index contributed by atoms with van der Waals surface area (Å²) in [5.41, 5.74) is 5.00. The van der Waals surface area contributed by atoms with Crippen molar-refractivity contribution in [2.45, 2.75) is 27.3 Å². The molecule has 6 heteroatoms. The highest BCUT2D eigenvalue weighted by molar-refractivity contribution is 6.12. The minimum absolute atomic E-state index is 0.266. The summed E-state index contributed by atoms with van der Waals surface area (Å²) >= 11 is 0. The fourth-order valence-electron chi connectivity index (χ4n) is 3.48. The van der Waals surface area contributed by atoms with E-state index in [-0.39, 0.29) is 11.7 Å². The molecule has 0 fully saturated rings. The first kappa shape index (κ1) is 18.8. The molecule has 0 bridgehead atoms. The summed E-state index contributed by atoms with van der Waals surface area (Å²) in [4.78, 5) is 17.7.